The lowest BCUT2D eigenvalue weighted by atomic mass is 10.2. The lowest BCUT2D eigenvalue weighted by Crippen LogP contribution is -2.09. The van der Waals surface area contributed by atoms with Gasteiger partial charge in [-0.25, -0.2) is 9.36 Å². The van der Waals surface area contributed by atoms with Crippen LogP contribution in [0.15, 0.2) is 24.4 Å². The average molecular weight is 205 g/mol. The van der Waals surface area contributed by atoms with Gasteiger partial charge in [0.1, 0.15) is 11.3 Å². The molecule has 0 radical (unpaired) electrons. The number of ether oxygens (including phenoxy) is 1. The molecule has 2 rings (SSSR count). The number of nitrogens with zero attached hydrogens (tertiary/aromatic N) is 1. The van der Waals surface area contributed by atoms with E-state index in [0.29, 0.717) is 5.52 Å². The standard InChI is InChI=1S/C11H11NO3/c1-7-6-12(11(14)15-2)10-8(7)4-3-5-9(10)13/h3-6,13H,1-2H3. The predicted octanol–water partition coefficient (Wildman–Crippen LogP) is 2.27. The highest BCUT2D eigenvalue weighted by atomic mass is 16.5. The van der Waals surface area contributed by atoms with E-state index in [9.17, 15) is 9.90 Å². The maximum absolute atomic E-state index is 11.4. The quantitative estimate of drug-likeness (QED) is 0.717. The highest BCUT2D eigenvalue weighted by Crippen LogP contribution is 2.28. The molecule has 0 saturated carbocycles. The SMILES string of the molecule is COC(=O)n1cc(C)c2cccc(O)c21. The Bertz CT molecular complexity index is 528. The summed E-state index contributed by atoms with van der Waals surface area (Å²) in [5.74, 6) is 0.0750. The minimum Gasteiger partial charge on any atom is -0.506 e. The van der Waals surface area contributed by atoms with E-state index in [2.05, 4.69) is 4.74 Å². The largest absolute Gasteiger partial charge is 0.506 e. The number of rotatable bonds is 0. The van der Waals surface area contributed by atoms with Crippen LogP contribution in [0.2, 0.25) is 0 Å². The van der Waals surface area contributed by atoms with E-state index in [-0.39, 0.29) is 5.75 Å². The van der Waals surface area contributed by atoms with Crippen molar-refractivity contribution in [3.05, 3.63) is 30.0 Å². The molecule has 0 fully saturated rings. The maximum Gasteiger partial charge on any atom is 0.418 e. The van der Waals surface area contributed by atoms with Crippen LogP contribution >= 0.6 is 0 Å². The first-order valence-corrected chi connectivity index (χ1v) is 4.53. The minimum atomic E-state index is -0.505. The molecule has 0 atom stereocenters. The van der Waals surface area contributed by atoms with Crippen LogP contribution in [-0.4, -0.2) is 22.9 Å². The van der Waals surface area contributed by atoms with Gasteiger partial charge in [-0.1, -0.05) is 12.1 Å². The van der Waals surface area contributed by atoms with Crippen LogP contribution in [0.3, 0.4) is 0 Å². The molecule has 0 unspecified atom stereocenters. The number of aromatic hydroxyl groups is 1. The van der Waals surface area contributed by atoms with Gasteiger partial charge < -0.3 is 9.84 Å². The second-order valence-corrected chi connectivity index (χ2v) is 3.33. The molecule has 15 heavy (non-hydrogen) atoms. The number of phenolic OH excluding ortho intramolecular Hbond substituents is 1. The monoisotopic (exact) mass is 205 g/mol. The Balaban J connectivity index is 2.81. The summed E-state index contributed by atoms with van der Waals surface area (Å²) in [6, 6.07) is 5.14. The number of fused-ring (bicyclic) bond motifs is 1. The molecule has 2 aromatic rings. The van der Waals surface area contributed by atoms with Crippen molar-refractivity contribution in [2.24, 2.45) is 0 Å². The molecule has 4 nitrogen and oxygen atoms in total. The molecule has 0 bridgehead atoms. The summed E-state index contributed by atoms with van der Waals surface area (Å²) in [6.45, 7) is 1.88. The molecule has 1 aromatic heterocycles. The third-order valence-corrected chi connectivity index (χ3v) is 2.37. The van der Waals surface area contributed by atoms with Gasteiger partial charge in [0, 0.05) is 11.6 Å². The molecule has 0 spiro atoms. The Morgan fingerprint density at radius 1 is 1.47 bits per heavy atom. The summed E-state index contributed by atoms with van der Waals surface area (Å²) in [5, 5.41) is 10.5. The molecular formula is C11H11NO3. The van der Waals surface area contributed by atoms with Crippen molar-refractivity contribution in [1.29, 1.82) is 0 Å². The van der Waals surface area contributed by atoms with Gasteiger partial charge in [-0.15, -0.1) is 0 Å². The number of aromatic nitrogens is 1. The number of benzene rings is 1. The van der Waals surface area contributed by atoms with Crippen LogP contribution in [0.5, 0.6) is 5.75 Å². The first-order chi connectivity index (χ1) is 7.15. The van der Waals surface area contributed by atoms with Gasteiger partial charge in [0.2, 0.25) is 0 Å². The minimum absolute atomic E-state index is 0.0750. The number of carbonyl (C=O) groups is 1. The van der Waals surface area contributed by atoms with Crippen molar-refractivity contribution in [3.63, 3.8) is 0 Å². The van der Waals surface area contributed by atoms with E-state index in [1.54, 1.807) is 18.3 Å². The Labute approximate surface area is 86.7 Å². The molecule has 0 amide bonds. The lowest BCUT2D eigenvalue weighted by Gasteiger charge is -2.02. The highest BCUT2D eigenvalue weighted by Gasteiger charge is 2.14. The second-order valence-electron chi connectivity index (χ2n) is 3.33. The molecule has 0 aliphatic heterocycles. The van der Waals surface area contributed by atoms with Gasteiger partial charge in [-0.2, -0.15) is 0 Å². The van der Waals surface area contributed by atoms with Gasteiger partial charge in [0.05, 0.1) is 7.11 Å². The molecule has 1 N–H and O–H groups in total. The number of carbonyl (C=O) groups excluding carboxylic acids is 1. The predicted molar refractivity (Wildman–Crippen MR) is 56.1 cm³/mol. The smallest absolute Gasteiger partial charge is 0.418 e. The molecule has 1 heterocycles. The Kier molecular flexibility index (Phi) is 2.11. The molecular weight excluding hydrogens is 194 g/mol. The summed E-state index contributed by atoms with van der Waals surface area (Å²) in [4.78, 5) is 11.4. The second kappa shape index (κ2) is 3.31. The summed E-state index contributed by atoms with van der Waals surface area (Å²) < 4.78 is 5.93. The van der Waals surface area contributed by atoms with Crippen molar-refractivity contribution < 1.29 is 14.6 Å². The summed E-state index contributed by atoms with van der Waals surface area (Å²) in [5.41, 5.74) is 1.41. The highest BCUT2D eigenvalue weighted by molar-refractivity contribution is 5.95. The zero-order valence-electron chi connectivity index (χ0n) is 8.52. The molecule has 0 aliphatic rings. The number of methoxy groups -OCH3 is 1. The molecule has 78 valence electrons. The van der Waals surface area contributed by atoms with E-state index in [1.807, 2.05) is 13.0 Å². The maximum atomic E-state index is 11.4. The number of aryl methyl sites for hydroxylation is 1. The third-order valence-electron chi connectivity index (χ3n) is 2.37. The number of phenols is 1. The fraction of sp³-hybridized carbons (Fsp3) is 0.182. The van der Waals surface area contributed by atoms with Crippen molar-refractivity contribution in [2.75, 3.05) is 7.11 Å². The van der Waals surface area contributed by atoms with E-state index in [4.69, 9.17) is 0 Å². The number of para-hydroxylation sites is 1. The number of hydrogen-bond donors (Lipinski definition) is 1. The molecule has 0 saturated heterocycles. The zero-order valence-corrected chi connectivity index (χ0v) is 8.52. The van der Waals surface area contributed by atoms with Gasteiger partial charge in [-0.3, -0.25) is 0 Å². The van der Waals surface area contributed by atoms with Crippen LogP contribution in [-0.2, 0) is 4.74 Å². The van der Waals surface area contributed by atoms with Gasteiger partial charge >= 0.3 is 6.09 Å². The normalized spacial score (nSPS) is 10.5. The summed E-state index contributed by atoms with van der Waals surface area (Å²) >= 11 is 0. The van der Waals surface area contributed by atoms with Crippen LogP contribution in [0, 0.1) is 6.92 Å². The molecule has 1 aromatic carbocycles. The van der Waals surface area contributed by atoms with Gasteiger partial charge in [-0.05, 0) is 18.6 Å². The molecule has 4 heteroatoms. The van der Waals surface area contributed by atoms with Crippen molar-refractivity contribution in [1.82, 2.24) is 4.57 Å². The van der Waals surface area contributed by atoms with Gasteiger partial charge in [0.15, 0.2) is 0 Å². The Hall–Kier alpha value is -1.97. The van der Waals surface area contributed by atoms with E-state index < -0.39 is 6.09 Å². The van der Waals surface area contributed by atoms with Gasteiger partial charge in [0.25, 0.3) is 0 Å². The van der Waals surface area contributed by atoms with Crippen LogP contribution in [0.4, 0.5) is 4.79 Å². The summed E-state index contributed by atoms with van der Waals surface area (Å²) in [7, 11) is 1.31. The van der Waals surface area contributed by atoms with Crippen LogP contribution in [0.25, 0.3) is 10.9 Å². The van der Waals surface area contributed by atoms with Crippen molar-refractivity contribution >= 4 is 17.0 Å². The van der Waals surface area contributed by atoms with E-state index >= 15 is 0 Å². The summed E-state index contributed by atoms with van der Waals surface area (Å²) in [6.07, 6.45) is 1.14. The van der Waals surface area contributed by atoms with E-state index in [1.165, 1.54) is 11.7 Å². The number of hydrogen-bond acceptors (Lipinski definition) is 3. The third kappa shape index (κ3) is 1.34. The zero-order chi connectivity index (χ0) is 11.0. The first kappa shape index (κ1) is 9.58. The molecule has 0 aliphatic carbocycles. The fourth-order valence-corrected chi connectivity index (χ4v) is 1.67. The van der Waals surface area contributed by atoms with E-state index in [0.717, 1.165) is 10.9 Å². The first-order valence-electron chi connectivity index (χ1n) is 4.53. The van der Waals surface area contributed by atoms with Crippen LogP contribution in [0.1, 0.15) is 5.56 Å². The Morgan fingerprint density at radius 2 is 2.20 bits per heavy atom. The lowest BCUT2D eigenvalue weighted by molar-refractivity contribution is 0.174. The van der Waals surface area contributed by atoms with Crippen molar-refractivity contribution in [3.8, 4) is 5.75 Å². The van der Waals surface area contributed by atoms with Crippen LogP contribution < -0.4 is 0 Å². The van der Waals surface area contributed by atoms with Crippen molar-refractivity contribution in [2.45, 2.75) is 6.92 Å². The average Bonchev–Trinajstić information content (AvgIpc) is 2.57. The topological polar surface area (TPSA) is 51.5 Å². The Morgan fingerprint density at radius 3 is 2.87 bits per heavy atom. The fourth-order valence-electron chi connectivity index (χ4n) is 1.67.